The van der Waals surface area contributed by atoms with Gasteiger partial charge in [0.1, 0.15) is 0 Å². The van der Waals surface area contributed by atoms with Gasteiger partial charge in [-0.2, -0.15) is 13.1 Å². The summed E-state index contributed by atoms with van der Waals surface area (Å²) < 4.78 is 45.9. The molecule has 0 aliphatic heterocycles. The van der Waals surface area contributed by atoms with Crippen LogP contribution in [0.4, 0.5) is 0 Å². The van der Waals surface area contributed by atoms with Gasteiger partial charge in [-0.3, -0.25) is 0 Å². The highest BCUT2D eigenvalue weighted by molar-refractivity contribution is 8.13. The maximum Gasteiger partial charge on any atom is 0.274 e. The maximum absolute atomic E-state index is 11.0. The van der Waals surface area contributed by atoms with Gasteiger partial charge in [0.05, 0.1) is 4.90 Å². The summed E-state index contributed by atoms with van der Waals surface area (Å²) in [5.41, 5.74) is 0.882. The molecule has 0 aliphatic carbocycles. The van der Waals surface area contributed by atoms with Crippen LogP contribution in [0.3, 0.4) is 0 Å². The highest BCUT2D eigenvalue weighted by Crippen LogP contribution is 2.16. The molecular formula is C10H15ClN2O4S2. The van der Waals surface area contributed by atoms with E-state index in [-0.39, 0.29) is 10.9 Å². The fourth-order valence-corrected chi connectivity index (χ4v) is 2.99. The van der Waals surface area contributed by atoms with Crippen molar-refractivity contribution < 1.29 is 16.8 Å². The number of benzene rings is 1. The Hall–Kier alpha value is -0.670. The molecule has 9 heteroatoms. The van der Waals surface area contributed by atoms with Crippen molar-refractivity contribution in [1.29, 1.82) is 0 Å². The van der Waals surface area contributed by atoms with E-state index in [9.17, 15) is 16.8 Å². The van der Waals surface area contributed by atoms with E-state index in [4.69, 9.17) is 15.8 Å². The normalized spacial score (nSPS) is 14.3. The number of rotatable bonds is 6. The summed E-state index contributed by atoms with van der Waals surface area (Å²) in [7, 11) is -2.22. The molecule has 0 bridgehead atoms. The van der Waals surface area contributed by atoms with E-state index in [0.717, 1.165) is 5.56 Å². The van der Waals surface area contributed by atoms with Crippen LogP contribution in [-0.4, -0.2) is 22.9 Å². The van der Waals surface area contributed by atoms with Gasteiger partial charge in [-0.15, -0.1) is 0 Å². The topological polar surface area (TPSA) is 106 Å². The van der Waals surface area contributed by atoms with Gasteiger partial charge >= 0.3 is 0 Å². The average molecular weight is 327 g/mol. The van der Waals surface area contributed by atoms with Gasteiger partial charge in [0.2, 0.25) is 0 Å². The molecule has 1 aromatic rings. The molecule has 0 amide bonds. The van der Waals surface area contributed by atoms with Crippen LogP contribution >= 0.6 is 10.7 Å². The smallest absolute Gasteiger partial charge is 0.216 e. The second kappa shape index (κ2) is 6.19. The minimum absolute atomic E-state index is 0.0358. The van der Waals surface area contributed by atoms with Crippen LogP contribution in [0.25, 0.3) is 0 Å². The molecular weight excluding hydrogens is 312 g/mol. The Kier molecular flexibility index (Phi) is 5.34. The molecule has 3 N–H and O–H groups in total. The van der Waals surface area contributed by atoms with Gasteiger partial charge in [0.25, 0.3) is 19.3 Å². The summed E-state index contributed by atoms with van der Waals surface area (Å²) in [6.45, 7) is 1.70. The van der Waals surface area contributed by atoms with E-state index in [2.05, 4.69) is 4.72 Å². The summed E-state index contributed by atoms with van der Waals surface area (Å²) in [5, 5.41) is 4.85. The third kappa shape index (κ3) is 6.35. The predicted molar refractivity (Wildman–Crippen MR) is 73.5 cm³/mol. The Bertz CT molecular complexity index is 626. The molecule has 0 saturated carbocycles. The molecule has 0 radical (unpaired) electrons. The molecule has 0 aromatic heterocycles. The number of halogens is 1. The summed E-state index contributed by atoms with van der Waals surface area (Å²) in [5.74, 6) is 0. The van der Waals surface area contributed by atoms with Gasteiger partial charge < -0.3 is 0 Å². The Morgan fingerprint density at radius 2 is 1.74 bits per heavy atom. The lowest BCUT2D eigenvalue weighted by Gasteiger charge is -2.11. The second-order valence-electron chi connectivity index (χ2n) is 4.18. The lowest BCUT2D eigenvalue weighted by atomic mass is 10.1. The molecule has 1 unspecified atom stereocenters. The van der Waals surface area contributed by atoms with Crippen LogP contribution < -0.4 is 9.86 Å². The van der Waals surface area contributed by atoms with Gasteiger partial charge in [-0.05, 0) is 37.5 Å². The van der Waals surface area contributed by atoms with Crippen molar-refractivity contribution in [2.24, 2.45) is 5.14 Å². The minimum atomic E-state index is -3.71. The molecule has 1 aromatic carbocycles. The highest BCUT2D eigenvalue weighted by atomic mass is 35.7. The number of nitrogens with one attached hydrogen (secondary N) is 1. The summed E-state index contributed by atoms with van der Waals surface area (Å²) in [6.07, 6.45) is 1.13. The zero-order valence-electron chi connectivity index (χ0n) is 10.2. The van der Waals surface area contributed by atoms with E-state index >= 15 is 0 Å². The largest absolute Gasteiger partial charge is 0.274 e. The van der Waals surface area contributed by atoms with E-state index in [1.54, 1.807) is 19.1 Å². The van der Waals surface area contributed by atoms with Crippen molar-refractivity contribution >= 4 is 29.9 Å². The van der Waals surface area contributed by atoms with Gasteiger partial charge in [-0.25, -0.2) is 13.6 Å². The standard InChI is InChI=1S/C10H15ClN2O4S2/c1-8(13-19(12,16)17)2-3-9-4-6-10(7-5-9)18(11,14)15/h4-8,13H,2-3H2,1H3,(H2,12,16,17). The van der Waals surface area contributed by atoms with E-state index in [1.807, 2.05) is 0 Å². The maximum atomic E-state index is 11.0. The predicted octanol–water partition coefficient (Wildman–Crippen LogP) is 0.728. The van der Waals surface area contributed by atoms with Crippen molar-refractivity contribution in [3.63, 3.8) is 0 Å². The molecule has 1 rings (SSSR count). The molecule has 0 spiro atoms. The average Bonchev–Trinajstić information content (AvgIpc) is 2.23. The SMILES string of the molecule is CC(CCc1ccc(S(=O)(=O)Cl)cc1)NS(N)(=O)=O. The van der Waals surface area contributed by atoms with Crippen LogP contribution in [0.5, 0.6) is 0 Å². The van der Waals surface area contributed by atoms with Crippen molar-refractivity contribution in [3.05, 3.63) is 29.8 Å². The molecule has 0 saturated heterocycles. The van der Waals surface area contributed by atoms with E-state index in [1.165, 1.54) is 12.1 Å². The first-order valence-electron chi connectivity index (χ1n) is 5.41. The lowest BCUT2D eigenvalue weighted by Crippen LogP contribution is -2.37. The Balaban J connectivity index is 2.60. The molecule has 0 fully saturated rings. The Labute approximate surface area is 117 Å². The summed E-state index contributed by atoms with van der Waals surface area (Å²) in [6, 6.07) is 5.80. The molecule has 0 heterocycles. The van der Waals surface area contributed by atoms with Crippen LogP contribution in [0.1, 0.15) is 18.9 Å². The second-order valence-corrected chi connectivity index (χ2v) is 8.08. The highest BCUT2D eigenvalue weighted by Gasteiger charge is 2.11. The van der Waals surface area contributed by atoms with E-state index < -0.39 is 19.3 Å². The molecule has 19 heavy (non-hydrogen) atoms. The third-order valence-electron chi connectivity index (χ3n) is 2.44. The van der Waals surface area contributed by atoms with Crippen molar-refractivity contribution in [2.75, 3.05) is 0 Å². The van der Waals surface area contributed by atoms with Crippen LogP contribution in [0.2, 0.25) is 0 Å². The number of hydrogen-bond acceptors (Lipinski definition) is 4. The third-order valence-corrected chi connectivity index (χ3v) is 4.54. The zero-order chi connectivity index (χ0) is 14.7. The summed E-state index contributed by atoms with van der Waals surface area (Å²) in [4.78, 5) is 0.0358. The van der Waals surface area contributed by atoms with Gasteiger partial charge in [0, 0.05) is 16.7 Å². The Morgan fingerprint density at radius 3 is 2.16 bits per heavy atom. The number of nitrogens with two attached hydrogens (primary N) is 1. The molecule has 6 nitrogen and oxygen atoms in total. The quantitative estimate of drug-likeness (QED) is 0.751. The van der Waals surface area contributed by atoms with Crippen molar-refractivity contribution in [3.8, 4) is 0 Å². The fourth-order valence-electron chi connectivity index (χ4n) is 1.54. The number of hydrogen-bond donors (Lipinski definition) is 2. The molecule has 1 atom stereocenters. The fraction of sp³-hybridized carbons (Fsp3) is 0.400. The van der Waals surface area contributed by atoms with Gasteiger partial charge in [0.15, 0.2) is 0 Å². The number of aryl methyl sites for hydroxylation is 1. The van der Waals surface area contributed by atoms with Crippen LogP contribution in [0, 0.1) is 0 Å². The zero-order valence-corrected chi connectivity index (χ0v) is 12.6. The molecule has 108 valence electrons. The summed E-state index contributed by atoms with van der Waals surface area (Å²) >= 11 is 0. The van der Waals surface area contributed by atoms with E-state index in [0.29, 0.717) is 12.8 Å². The van der Waals surface area contributed by atoms with Crippen molar-refractivity contribution in [1.82, 2.24) is 4.72 Å². The minimum Gasteiger partial charge on any atom is -0.216 e. The molecule has 0 aliphatic rings. The Morgan fingerprint density at radius 1 is 1.21 bits per heavy atom. The van der Waals surface area contributed by atoms with Crippen LogP contribution in [-0.2, 0) is 25.7 Å². The first kappa shape index (κ1) is 16.4. The first-order valence-corrected chi connectivity index (χ1v) is 9.27. The lowest BCUT2D eigenvalue weighted by molar-refractivity contribution is 0.548. The van der Waals surface area contributed by atoms with Gasteiger partial charge in [-0.1, -0.05) is 12.1 Å². The first-order chi connectivity index (χ1) is 8.58. The van der Waals surface area contributed by atoms with Crippen molar-refractivity contribution in [2.45, 2.75) is 30.7 Å². The monoisotopic (exact) mass is 326 g/mol. The van der Waals surface area contributed by atoms with Crippen LogP contribution in [0.15, 0.2) is 29.2 Å².